The largest absolute Gasteiger partial charge is 0.496 e. The highest BCUT2D eigenvalue weighted by Crippen LogP contribution is 2.34. The molecule has 2 rings (SSSR count). The van der Waals surface area contributed by atoms with Gasteiger partial charge in [-0.25, -0.2) is 9.78 Å². The van der Waals surface area contributed by atoms with Gasteiger partial charge in [0.1, 0.15) is 5.75 Å². The van der Waals surface area contributed by atoms with Crippen LogP contribution >= 0.6 is 11.3 Å². The van der Waals surface area contributed by atoms with E-state index in [1.165, 1.54) is 30.7 Å². The van der Waals surface area contributed by atoms with Crippen molar-refractivity contribution in [1.29, 1.82) is 0 Å². The number of carbonyl (C=O) groups is 2. The van der Waals surface area contributed by atoms with Crippen molar-refractivity contribution in [3.8, 4) is 5.75 Å². The molecule has 0 spiro atoms. The Kier molecular flexibility index (Phi) is 5.94. The highest BCUT2D eigenvalue weighted by molar-refractivity contribution is 7.13. The molecule has 146 valence electrons. The molecule has 1 atom stereocenters. The number of ether oxygens (including phenoxy) is 2. The number of rotatable bonds is 6. The quantitative estimate of drug-likeness (QED) is 0.570. The van der Waals surface area contributed by atoms with Gasteiger partial charge >= 0.3 is 17.8 Å². The minimum Gasteiger partial charge on any atom is -0.496 e. The molecule has 0 bridgehead atoms. The number of aryl methyl sites for hydroxylation is 1. The highest BCUT2D eigenvalue weighted by Gasteiger charge is 2.64. The van der Waals surface area contributed by atoms with Gasteiger partial charge < -0.3 is 20.1 Å². The molecule has 2 aromatic rings. The second-order valence-corrected chi connectivity index (χ2v) is 6.17. The van der Waals surface area contributed by atoms with E-state index in [-0.39, 0.29) is 16.4 Å². The van der Waals surface area contributed by atoms with Gasteiger partial charge in [0, 0.05) is 5.38 Å². The van der Waals surface area contributed by atoms with E-state index in [0.29, 0.717) is 5.69 Å². The first-order valence-electron chi connectivity index (χ1n) is 7.45. The number of nitrogens with zero attached hydrogens (tertiary/aromatic N) is 1. The van der Waals surface area contributed by atoms with Gasteiger partial charge in [0.2, 0.25) is 0 Å². The Hall–Kier alpha value is -2.82. The van der Waals surface area contributed by atoms with Crippen molar-refractivity contribution in [2.75, 3.05) is 19.5 Å². The molecule has 1 amide bonds. The zero-order valence-corrected chi connectivity index (χ0v) is 15.3. The van der Waals surface area contributed by atoms with Crippen LogP contribution < -0.4 is 15.4 Å². The zero-order valence-electron chi connectivity index (χ0n) is 14.5. The molecule has 11 heteroatoms. The average Bonchev–Trinajstić information content (AvgIpc) is 3.03. The average molecular weight is 403 g/mol. The third-order valence-electron chi connectivity index (χ3n) is 3.48. The number of methoxy groups -OCH3 is 2. The predicted molar refractivity (Wildman–Crippen MR) is 91.7 cm³/mol. The number of amides is 1. The van der Waals surface area contributed by atoms with Crippen LogP contribution in [0.1, 0.15) is 16.1 Å². The SMILES string of the molecule is COC(=O)[C@@](NC(=O)c1ccccc1OC)(Nc1nc(C)cs1)C(F)(F)F. The van der Waals surface area contributed by atoms with Gasteiger partial charge in [-0.2, -0.15) is 13.2 Å². The van der Waals surface area contributed by atoms with E-state index >= 15 is 0 Å². The van der Waals surface area contributed by atoms with E-state index in [9.17, 15) is 22.8 Å². The molecule has 1 heterocycles. The molecule has 0 radical (unpaired) electrons. The van der Waals surface area contributed by atoms with Crippen LogP contribution in [0.4, 0.5) is 18.3 Å². The summed E-state index contributed by atoms with van der Waals surface area (Å²) in [5.74, 6) is -2.89. The minimum atomic E-state index is -5.24. The number of hydrogen-bond donors (Lipinski definition) is 2. The summed E-state index contributed by atoms with van der Waals surface area (Å²) < 4.78 is 51.1. The topological polar surface area (TPSA) is 89.5 Å². The number of para-hydroxylation sites is 1. The Morgan fingerprint density at radius 3 is 2.37 bits per heavy atom. The van der Waals surface area contributed by atoms with Crippen LogP contribution in [-0.4, -0.2) is 42.9 Å². The molecule has 7 nitrogen and oxygen atoms in total. The van der Waals surface area contributed by atoms with Crippen molar-refractivity contribution in [2.24, 2.45) is 0 Å². The van der Waals surface area contributed by atoms with Crippen LogP contribution in [0.2, 0.25) is 0 Å². The second kappa shape index (κ2) is 7.82. The van der Waals surface area contributed by atoms with Crippen molar-refractivity contribution in [3.05, 3.63) is 40.9 Å². The molecular weight excluding hydrogens is 387 g/mol. The number of anilines is 1. The summed E-state index contributed by atoms with van der Waals surface area (Å²) in [5, 5.41) is 4.96. The smallest absolute Gasteiger partial charge is 0.442 e. The Bertz CT molecular complexity index is 840. The molecule has 0 unspecified atom stereocenters. The number of hydrogen-bond acceptors (Lipinski definition) is 7. The Morgan fingerprint density at radius 2 is 1.85 bits per heavy atom. The Morgan fingerprint density at radius 1 is 1.19 bits per heavy atom. The van der Waals surface area contributed by atoms with Crippen LogP contribution in [0.15, 0.2) is 29.6 Å². The number of halogens is 3. The Balaban J connectivity index is 2.50. The normalized spacial score (nSPS) is 13.4. The fraction of sp³-hybridized carbons (Fsp3) is 0.312. The van der Waals surface area contributed by atoms with Crippen molar-refractivity contribution < 1.29 is 32.2 Å². The molecule has 1 aromatic heterocycles. The van der Waals surface area contributed by atoms with Gasteiger partial charge in [0.15, 0.2) is 5.13 Å². The molecule has 0 aliphatic rings. The van der Waals surface area contributed by atoms with Gasteiger partial charge in [-0.15, -0.1) is 11.3 Å². The number of aromatic nitrogens is 1. The monoisotopic (exact) mass is 403 g/mol. The third kappa shape index (κ3) is 4.13. The van der Waals surface area contributed by atoms with E-state index in [0.717, 1.165) is 18.4 Å². The lowest BCUT2D eigenvalue weighted by Crippen LogP contribution is -2.69. The molecule has 2 N–H and O–H groups in total. The lowest BCUT2D eigenvalue weighted by atomic mass is 10.1. The third-order valence-corrected chi connectivity index (χ3v) is 4.36. The Labute approximate surface area is 156 Å². The number of benzene rings is 1. The first kappa shape index (κ1) is 20.5. The number of esters is 1. The molecular formula is C16H16F3N3O4S. The summed E-state index contributed by atoms with van der Waals surface area (Å²) in [6.07, 6.45) is -5.24. The van der Waals surface area contributed by atoms with Gasteiger partial charge in [0.25, 0.3) is 5.91 Å². The van der Waals surface area contributed by atoms with Gasteiger partial charge in [0.05, 0.1) is 25.5 Å². The maximum atomic E-state index is 13.9. The van der Waals surface area contributed by atoms with Crippen LogP contribution in [-0.2, 0) is 9.53 Å². The van der Waals surface area contributed by atoms with Gasteiger partial charge in [-0.05, 0) is 19.1 Å². The van der Waals surface area contributed by atoms with Crippen molar-refractivity contribution in [1.82, 2.24) is 10.3 Å². The molecule has 0 saturated heterocycles. The summed E-state index contributed by atoms with van der Waals surface area (Å²) in [5.41, 5.74) is -3.28. The summed E-state index contributed by atoms with van der Waals surface area (Å²) in [4.78, 5) is 28.5. The first-order valence-corrected chi connectivity index (χ1v) is 8.33. The number of carbonyl (C=O) groups excluding carboxylic acids is 2. The number of alkyl halides is 3. The van der Waals surface area contributed by atoms with Gasteiger partial charge in [-0.3, -0.25) is 4.79 Å². The van der Waals surface area contributed by atoms with E-state index in [4.69, 9.17) is 4.74 Å². The summed E-state index contributed by atoms with van der Waals surface area (Å²) in [6, 6.07) is 5.66. The summed E-state index contributed by atoms with van der Waals surface area (Å²) in [6.45, 7) is 1.57. The van der Waals surface area contributed by atoms with Crippen LogP contribution in [0, 0.1) is 6.92 Å². The predicted octanol–water partition coefficient (Wildman–Crippen LogP) is 2.73. The van der Waals surface area contributed by atoms with Crippen molar-refractivity contribution in [3.63, 3.8) is 0 Å². The fourth-order valence-electron chi connectivity index (χ4n) is 2.19. The highest BCUT2D eigenvalue weighted by atomic mass is 32.1. The lowest BCUT2D eigenvalue weighted by Gasteiger charge is -2.34. The number of nitrogens with one attached hydrogen (secondary N) is 2. The maximum absolute atomic E-state index is 13.9. The summed E-state index contributed by atoms with van der Waals surface area (Å²) in [7, 11) is 2.05. The molecule has 0 aliphatic heterocycles. The van der Waals surface area contributed by atoms with Crippen LogP contribution in [0.5, 0.6) is 5.75 Å². The zero-order chi connectivity index (χ0) is 20.2. The van der Waals surface area contributed by atoms with Crippen molar-refractivity contribution in [2.45, 2.75) is 18.8 Å². The fourth-order valence-corrected chi connectivity index (χ4v) is 2.93. The number of thiazole rings is 1. The van der Waals surface area contributed by atoms with E-state index in [2.05, 4.69) is 9.72 Å². The molecule has 0 saturated carbocycles. The molecule has 27 heavy (non-hydrogen) atoms. The minimum absolute atomic E-state index is 0.0426. The van der Waals surface area contributed by atoms with Crippen molar-refractivity contribution >= 4 is 28.3 Å². The van der Waals surface area contributed by atoms with E-state index in [1.54, 1.807) is 18.3 Å². The summed E-state index contributed by atoms with van der Waals surface area (Å²) >= 11 is 0.845. The molecule has 0 aliphatic carbocycles. The second-order valence-electron chi connectivity index (χ2n) is 5.31. The van der Waals surface area contributed by atoms with Crippen LogP contribution in [0.3, 0.4) is 0 Å². The lowest BCUT2D eigenvalue weighted by molar-refractivity contribution is -0.203. The van der Waals surface area contributed by atoms with Crippen LogP contribution in [0.25, 0.3) is 0 Å². The van der Waals surface area contributed by atoms with E-state index < -0.39 is 23.7 Å². The molecule has 1 aromatic carbocycles. The van der Waals surface area contributed by atoms with Gasteiger partial charge in [-0.1, -0.05) is 12.1 Å². The first-order chi connectivity index (χ1) is 12.6. The molecule has 0 fully saturated rings. The maximum Gasteiger partial charge on any atom is 0.442 e. The standard InChI is InChI=1S/C16H16F3N3O4S/c1-9-8-27-14(20-9)22-15(13(24)26-3,16(17,18)19)21-12(23)10-6-4-5-7-11(10)25-2/h4-8H,1-3H3,(H,20,22)(H,21,23)/t15-/m1/s1. The van der Waals surface area contributed by atoms with E-state index in [1.807, 2.05) is 5.32 Å².